The molecule has 6 nitrogen and oxygen atoms in total. The van der Waals surface area contributed by atoms with Crippen LogP contribution in [-0.4, -0.2) is 70.0 Å². The quantitative estimate of drug-likeness (QED) is 0.788. The molecule has 2 heterocycles. The summed E-state index contributed by atoms with van der Waals surface area (Å²) in [5.74, 6) is 0.455. The van der Waals surface area contributed by atoms with E-state index in [2.05, 4.69) is 45.7 Å². The number of rotatable bonds is 6. The van der Waals surface area contributed by atoms with Crippen LogP contribution in [0.4, 0.5) is 5.69 Å². The number of hydrogen-bond acceptors (Lipinski definition) is 4. The first-order chi connectivity index (χ1) is 12.0. The van der Waals surface area contributed by atoms with Crippen LogP contribution in [0.5, 0.6) is 0 Å². The van der Waals surface area contributed by atoms with Gasteiger partial charge in [-0.2, -0.15) is 12.7 Å². The van der Waals surface area contributed by atoms with Crippen molar-refractivity contribution in [1.82, 2.24) is 13.9 Å². The number of piperazine rings is 1. The lowest BCUT2D eigenvalue weighted by molar-refractivity contribution is 0.257. The molecule has 1 unspecified atom stereocenters. The zero-order valence-electron chi connectivity index (χ0n) is 15.5. The minimum atomic E-state index is -3.32. The maximum Gasteiger partial charge on any atom is 0.279 e. The molecule has 1 aromatic rings. The van der Waals surface area contributed by atoms with Crippen molar-refractivity contribution in [2.75, 3.05) is 57.3 Å². The highest BCUT2D eigenvalue weighted by Gasteiger charge is 2.26. The van der Waals surface area contributed by atoms with Crippen LogP contribution < -0.4 is 9.62 Å². The van der Waals surface area contributed by atoms with E-state index in [1.165, 1.54) is 5.69 Å². The van der Waals surface area contributed by atoms with Crippen molar-refractivity contribution in [3.63, 3.8) is 0 Å². The first-order valence-electron chi connectivity index (χ1n) is 9.32. The van der Waals surface area contributed by atoms with Gasteiger partial charge in [-0.05, 0) is 30.9 Å². The van der Waals surface area contributed by atoms with Gasteiger partial charge in [-0.25, -0.2) is 4.72 Å². The van der Waals surface area contributed by atoms with Gasteiger partial charge in [0, 0.05) is 58.0 Å². The highest BCUT2D eigenvalue weighted by atomic mass is 35.5. The third-order valence-corrected chi connectivity index (χ3v) is 6.75. The molecule has 0 saturated carbocycles. The second-order valence-electron chi connectivity index (χ2n) is 7.17. The fraction of sp³-hybridized carbons (Fsp3) is 0.667. The lowest BCUT2D eigenvalue weighted by Gasteiger charge is -2.36. The smallest absolute Gasteiger partial charge is 0.279 e. The summed E-state index contributed by atoms with van der Waals surface area (Å²) in [7, 11) is -3.32. The van der Waals surface area contributed by atoms with Crippen LogP contribution in [0, 0.1) is 5.92 Å². The fourth-order valence-electron chi connectivity index (χ4n) is 3.66. The van der Waals surface area contributed by atoms with Crippen molar-refractivity contribution in [2.45, 2.75) is 19.8 Å². The van der Waals surface area contributed by atoms with Crippen LogP contribution >= 0.6 is 12.4 Å². The zero-order valence-corrected chi connectivity index (χ0v) is 17.1. The third-order valence-electron chi connectivity index (χ3n) is 5.17. The summed E-state index contributed by atoms with van der Waals surface area (Å²) < 4.78 is 29.2. The number of hydrogen-bond donors (Lipinski definition) is 1. The molecule has 0 spiro atoms. The predicted molar refractivity (Wildman–Crippen MR) is 109 cm³/mol. The Kier molecular flexibility index (Phi) is 8.16. The molecule has 1 N–H and O–H groups in total. The van der Waals surface area contributed by atoms with E-state index in [9.17, 15) is 8.42 Å². The molecule has 0 amide bonds. The number of anilines is 1. The normalized spacial score (nSPS) is 22.8. The van der Waals surface area contributed by atoms with E-state index < -0.39 is 10.2 Å². The van der Waals surface area contributed by atoms with Crippen LogP contribution in [0.25, 0.3) is 0 Å². The molecule has 2 aliphatic rings. The highest BCUT2D eigenvalue weighted by Crippen LogP contribution is 2.18. The van der Waals surface area contributed by atoms with Gasteiger partial charge in [0.05, 0.1) is 0 Å². The summed E-state index contributed by atoms with van der Waals surface area (Å²) in [4.78, 5) is 4.72. The van der Waals surface area contributed by atoms with Crippen molar-refractivity contribution in [3.8, 4) is 0 Å². The minimum absolute atomic E-state index is 0. The highest BCUT2D eigenvalue weighted by molar-refractivity contribution is 7.87. The lowest BCUT2D eigenvalue weighted by atomic mass is 10.0. The maximum absolute atomic E-state index is 12.4. The largest absolute Gasteiger partial charge is 0.369 e. The van der Waals surface area contributed by atoms with E-state index >= 15 is 0 Å². The molecule has 0 aromatic heterocycles. The van der Waals surface area contributed by atoms with E-state index in [-0.39, 0.29) is 12.4 Å². The summed E-state index contributed by atoms with van der Waals surface area (Å²) in [5.41, 5.74) is 1.27. The number of benzene rings is 1. The number of para-hydroxylation sites is 1. The molecule has 2 aliphatic heterocycles. The van der Waals surface area contributed by atoms with E-state index in [1.807, 2.05) is 6.07 Å². The molecular formula is C18H31ClN4O2S. The molecular weight excluding hydrogens is 372 g/mol. The van der Waals surface area contributed by atoms with Crippen LogP contribution in [0.15, 0.2) is 30.3 Å². The van der Waals surface area contributed by atoms with Crippen molar-refractivity contribution in [3.05, 3.63) is 30.3 Å². The third kappa shape index (κ3) is 5.82. The summed E-state index contributed by atoms with van der Waals surface area (Å²) in [5, 5.41) is 0. The van der Waals surface area contributed by atoms with Crippen molar-refractivity contribution in [1.29, 1.82) is 0 Å². The molecule has 1 aromatic carbocycles. The Hall–Kier alpha value is -0.860. The Balaban J connectivity index is 0.00000243. The minimum Gasteiger partial charge on any atom is -0.369 e. The van der Waals surface area contributed by atoms with E-state index in [4.69, 9.17) is 0 Å². The van der Waals surface area contributed by atoms with Crippen LogP contribution in [0.1, 0.15) is 19.8 Å². The molecule has 0 bridgehead atoms. The second-order valence-corrected chi connectivity index (χ2v) is 8.92. The Labute approximate surface area is 164 Å². The molecule has 0 aliphatic carbocycles. The summed E-state index contributed by atoms with van der Waals surface area (Å²) in [6.45, 7) is 8.58. The van der Waals surface area contributed by atoms with Gasteiger partial charge in [0.15, 0.2) is 0 Å². The standard InChI is InChI=1S/C18H30N4O2S.ClH/c1-17-6-5-10-22(16-17)25(23,24)19-9-11-20-12-14-21(15-13-20)18-7-3-2-4-8-18;/h2-4,7-8,17,19H,5-6,9-16H2,1H3;1H. The van der Waals surface area contributed by atoms with Crippen molar-refractivity contribution < 1.29 is 8.42 Å². The maximum atomic E-state index is 12.4. The van der Waals surface area contributed by atoms with Gasteiger partial charge in [0.25, 0.3) is 10.2 Å². The van der Waals surface area contributed by atoms with E-state index in [0.717, 1.165) is 45.6 Å². The summed E-state index contributed by atoms with van der Waals surface area (Å²) in [6.07, 6.45) is 2.08. The SMILES string of the molecule is CC1CCCN(S(=O)(=O)NCCN2CCN(c3ccccc3)CC2)C1.Cl. The van der Waals surface area contributed by atoms with Gasteiger partial charge in [-0.1, -0.05) is 25.1 Å². The lowest BCUT2D eigenvalue weighted by Crippen LogP contribution is -2.50. The summed E-state index contributed by atoms with van der Waals surface area (Å²) >= 11 is 0. The van der Waals surface area contributed by atoms with E-state index in [0.29, 0.717) is 25.6 Å². The molecule has 3 rings (SSSR count). The van der Waals surface area contributed by atoms with Crippen molar-refractivity contribution >= 4 is 28.3 Å². The van der Waals surface area contributed by atoms with Gasteiger partial charge >= 0.3 is 0 Å². The Bertz CT molecular complexity index is 636. The first kappa shape index (κ1) is 21.4. The Morgan fingerprint density at radius 3 is 2.42 bits per heavy atom. The summed E-state index contributed by atoms with van der Waals surface area (Å²) in [6, 6.07) is 10.5. The van der Waals surface area contributed by atoms with Crippen LogP contribution in [-0.2, 0) is 10.2 Å². The Morgan fingerprint density at radius 2 is 1.77 bits per heavy atom. The molecule has 1 atom stereocenters. The molecule has 148 valence electrons. The van der Waals surface area contributed by atoms with Gasteiger partial charge in [0.2, 0.25) is 0 Å². The average molecular weight is 403 g/mol. The van der Waals surface area contributed by atoms with Gasteiger partial charge in [-0.3, -0.25) is 4.90 Å². The molecule has 8 heteroatoms. The topological polar surface area (TPSA) is 55.9 Å². The first-order valence-corrected chi connectivity index (χ1v) is 10.8. The molecule has 2 saturated heterocycles. The van der Waals surface area contributed by atoms with Crippen LogP contribution in [0.2, 0.25) is 0 Å². The predicted octanol–water partition coefficient (Wildman–Crippen LogP) is 1.80. The number of nitrogens with one attached hydrogen (secondary N) is 1. The Morgan fingerprint density at radius 1 is 1.08 bits per heavy atom. The van der Waals surface area contributed by atoms with Gasteiger partial charge in [0.1, 0.15) is 0 Å². The molecule has 0 radical (unpaired) electrons. The second kappa shape index (κ2) is 9.90. The molecule has 26 heavy (non-hydrogen) atoms. The number of piperidine rings is 1. The van der Waals surface area contributed by atoms with Gasteiger partial charge in [-0.15, -0.1) is 12.4 Å². The van der Waals surface area contributed by atoms with Crippen molar-refractivity contribution in [2.24, 2.45) is 5.92 Å². The molecule has 2 fully saturated rings. The van der Waals surface area contributed by atoms with E-state index in [1.54, 1.807) is 4.31 Å². The van der Waals surface area contributed by atoms with Crippen LogP contribution in [0.3, 0.4) is 0 Å². The average Bonchev–Trinajstić information content (AvgIpc) is 2.63. The zero-order chi connectivity index (χ0) is 17.7. The fourth-order valence-corrected chi connectivity index (χ4v) is 5.01. The monoisotopic (exact) mass is 402 g/mol. The number of nitrogens with zero attached hydrogens (tertiary/aromatic N) is 3. The van der Waals surface area contributed by atoms with Gasteiger partial charge < -0.3 is 4.90 Å². The number of halogens is 1.